The van der Waals surface area contributed by atoms with Gasteiger partial charge in [-0.1, -0.05) is 33.1 Å². The molecule has 0 radical (unpaired) electrons. The molecule has 0 bridgehead atoms. The van der Waals surface area contributed by atoms with Gasteiger partial charge in [0.2, 0.25) is 11.8 Å². The molecule has 5 nitrogen and oxygen atoms in total. The van der Waals surface area contributed by atoms with E-state index in [1.807, 2.05) is 13.8 Å². The first kappa shape index (κ1) is 19.2. The van der Waals surface area contributed by atoms with Crippen molar-refractivity contribution < 1.29 is 9.59 Å². The van der Waals surface area contributed by atoms with Gasteiger partial charge >= 0.3 is 0 Å². The molecule has 1 aliphatic rings. The molecule has 0 aliphatic heterocycles. The van der Waals surface area contributed by atoms with Crippen LogP contribution >= 0.6 is 12.4 Å². The van der Waals surface area contributed by atoms with E-state index in [9.17, 15) is 9.59 Å². The molecule has 20 heavy (non-hydrogen) atoms. The fourth-order valence-electron chi connectivity index (χ4n) is 2.27. The molecule has 1 aliphatic carbocycles. The van der Waals surface area contributed by atoms with E-state index >= 15 is 0 Å². The second kappa shape index (κ2) is 10.00. The van der Waals surface area contributed by atoms with E-state index in [-0.39, 0.29) is 30.1 Å². The number of nitrogens with two attached hydrogens (primary N) is 1. The van der Waals surface area contributed by atoms with Crippen LogP contribution < -0.4 is 16.4 Å². The molecule has 1 saturated carbocycles. The fraction of sp³-hybridized carbons (Fsp3) is 0.857. The van der Waals surface area contributed by atoms with Crippen LogP contribution in [0.25, 0.3) is 0 Å². The second-order valence-corrected chi connectivity index (χ2v) is 5.71. The molecule has 0 aromatic carbocycles. The Labute approximate surface area is 127 Å². The van der Waals surface area contributed by atoms with Gasteiger partial charge in [-0.25, -0.2) is 0 Å². The first-order chi connectivity index (χ1) is 9.00. The Hall–Kier alpha value is -0.810. The standard InChI is InChI=1S/C14H27N3O2.ClH/c1-10(2)13(15)14(19)16-9-8-12(18)17-11-6-4-3-5-7-11;/h10-11,13H,3-9,15H2,1-2H3,(H,16,19)(H,17,18);1H/t13-;/m0./s1. The molecule has 0 spiro atoms. The van der Waals surface area contributed by atoms with Gasteiger partial charge in [0.05, 0.1) is 6.04 Å². The Bertz CT molecular complexity index is 305. The number of hydrogen-bond donors (Lipinski definition) is 3. The highest BCUT2D eigenvalue weighted by Crippen LogP contribution is 2.17. The number of halogens is 1. The maximum Gasteiger partial charge on any atom is 0.237 e. The molecule has 6 heteroatoms. The Kier molecular flexibility index (Phi) is 9.59. The summed E-state index contributed by atoms with van der Waals surface area (Å²) < 4.78 is 0. The molecule has 0 aromatic rings. The quantitative estimate of drug-likeness (QED) is 0.692. The lowest BCUT2D eigenvalue weighted by Crippen LogP contribution is -2.45. The van der Waals surface area contributed by atoms with Gasteiger partial charge in [-0.3, -0.25) is 9.59 Å². The average molecular weight is 306 g/mol. The van der Waals surface area contributed by atoms with Crippen LogP contribution in [0.4, 0.5) is 0 Å². The predicted molar refractivity (Wildman–Crippen MR) is 82.7 cm³/mol. The SMILES string of the molecule is CC(C)[C@H](N)C(=O)NCCC(=O)NC1CCCCC1.Cl. The molecule has 1 fully saturated rings. The highest BCUT2D eigenvalue weighted by Gasteiger charge is 2.18. The van der Waals surface area contributed by atoms with E-state index < -0.39 is 6.04 Å². The monoisotopic (exact) mass is 305 g/mol. The number of carbonyl (C=O) groups excluding carboxylic acids is 2. The minimum atomic E-state index is -0.499. The van der Waals surface area contributed by atoms with Gasteiger partial charge in [0, 0.05) is 19.0 Å². The van der Waals surface area contributed by atoms with Crippen LogP contribution in [0.3, 0.4) is 0 Å². The number of rotatable bonds is 6. The third-order valence-electron chi connectivity index (χ3n) is 3.64. The molecule has 0 aromatic heterocycles. The van der Waals surface area contributed by atoms with Gasteiger partial charge in [0.25, 0.3) is 0 Å². The maximum absolute atomic E-state index is 11.7. The van der Waals surface area contributed by atoms with E-state index in [0.717, 1.165) is 12.8 Å². The van der Waals surface area contributed by atoms with Crippen molar-refractivity contribution in [3.63, 3.8) is 0 Å². The molecule has 0 saturated heterocycles. The molecule has 4 N–H and O–H groups in total. The minimum Gasteiger partial charge on any atom is -0.354 e. The van der Waals surface area contributed by atoms with Gasteiger partial charge in [-0.2, -0.15) is 0 Å². The lowest BCUT2D eigenvalue weighted by atomic mass is 9.95. The third-order valence-corrected chi connectivity index (χ3v) is 3.64. The summed E-state index contributed by atoms with van der Waals surface area (Å²) in [4.78, 5) is 23.3. The van der Waals surface area contributed by atoms with Crippen LogP contribution in [-0.4, -0.2) is 30.4 Å². The van der Waals surface area contributed by atoms with Crippen molar-refractivity contribution in [3.8, 4) is 0 Å². The van der Waals surface area contributed by atoms with Crippen molar-refractivity contribution in [2.75, 3.05) is 6.54 Å². The molecular formula is C14H28ClN3O2. The lowest BCUT2D eigenvalue weighted by molar-refractivity contribution is -0.124. The van der Waals surface area contributed by atoms with Gasteiger partial charge in [-0.15, -0.1) is 12.4 Å². The summed E-state index contributed by atoms with van der Waals surface area (Å²) in [6.45, 7) is 4.16. The van der Waals surface area contributed by atoms with E-state index in [0.29, 0.717) is 19.0 Å². The summed E-state index contributed by atoms with van der Waals surface area (Å²) in [6.07, 6.45) is 6.16. The van der Waals surface area contributed by atoms with Crippen LogP contribution in [0.5, 0.6) is 0 Å². The van der Waals surface area contributed by atoms with Crippen LogP contribution in [-0.2, 0) is 9.59 Å². The fourth-order valence-corrected chi connectivity index (χ4v) is 2.27. The maximum atomic E-state index is 11.7. The molecule has 1 rings (SSSR count). The summed E-state index contributed by atoms with van der Waals surface area (Å²) in [6, 6.07) is -0.170. The average Bonchev–Trinajstić information content (AvgIpc) is 2.38. The van der Waals surface area contributed by atoms with E-state index in [1.54, 1.807) is 0 Å². The molecular weight excluding hydrogens is 278 g/mol. The second-order valence-electron chi connectivity index (χ2n) is 5.71. The van der Waals surface area contributed by atoms with Gasteiger partial charge in [0.15, 0.2) is 0 Å². The third kappa shape index (κ3) is 7.10. The minimum absolute atomic E-state index is 0. The normalized spacial score (nSPS) is 17.2. The zero-order valence-corrected chi connectivity index (χ0v) is 13.3. The van der Waals surface area contributed by atoms with E-state index in [1.165, 1.54) is 19.3 Å². The Morgan fingerprint density at radius 3 is 2.35 bits per heavy atom. The summed E-state index contributed by atoms with van der Waals surface area (Å²) >= 11 is 0. The van der Waals surface area contributed by atoms with E-state index in [2.05, 4.69) is 10.6 Å². The van der Waals surface area contributed by atoms with Crippen molar-refractivity contribution in [1.29, 1.82) is 0 Å². The van der Waals surface area contributed by atoms with Crippen molar-refractivity contribution in [3.05, 3.63) is 0 Å². The highest BCUT2D eigenvalue weighted by atomic mass is 35.5. The zero-order valence-electron chi connectivity index (χ0n) is 12.5. The van der Waals surface area contributed by atoms with Gasteiger partial charge in [-0.05, 0) is 18.8 Å². The van der Waals surface area contributed by atoms with Crippen molar-refractivity contribution in [2.45, 2.75) is 64.5 Å². The van der Waals surface area contributed by atoms with Crippen molar-refractivity contribution in [1.82, 2.24) is 10.6 Å². The Morgan fingerprint density at radius 1 is 1.20 bits per heavy atom. The van der Waals surface area contributed by atoms with Crippen LogP contribution in [0.1, 0.15) is 52.4 Å². The Morgan fingerprint density at radius 2 is 1.80 bits per heavy atom. The van der Waals surface area contributed by atoms with Crippen LogP contribution in [0, 0.1) is 5.92 Å². The molecule has 2 amide bonds. The molecule has 1 atom stereocenters. The number of nitrogens with one attached hydrogen (secondary N) is 2. The lowest BCUT2D eigenvalue weighted by Gasteiger charge is -2.22. The van der Waals surface area contributed by atoms with E-state index in [4.69, 9.17) is 5.73 Å². The highest BCUT2D eigenvalue weighted by molar-refractivity contribution is 5.85. The van der Waals surface area contributed by atoms with Crippen LogP contribution in [0.15, 0.2) is 0 Å². The summed E-state index contributed by atoms with van der Waals surface area (Å²) in [5.74, 6) is -0.0538. The number of amides is 2. The Balaban J connectivity index is 0.00000361. The van der Waals surface area contributed by atoms with Crippen molar-refractivity contribution >= 4 is 24.2 Å². The first-order valence-corrected chi connectivity index (χ1v) is 7.33. The molecule has 118 valence electrons. The van der Waals surface area contributed by atoms with Gasteiger partial charge in [0.1, 0.15) is 0 Å². The smallest absolute Gasteiger partial charge is 0.237 e. The predicted octanol–water partition coefficient (Wildman–Crippen LogP) is 1.35. The van der Waals surface area contributed by atoms with Crippen LogP contribution in [0.2, 0.25) is 0 Å². The zero-order chi connectivity index (χ0) is 14.3. The van der Waals surface area contributed by atoms with Crippen molar-refractivity contribution in [2.24, 2.45) is 11.7 Å². The van der Waals surface area contributed by atoms with Gasteiger partial charge < -0.3 is 16.4 Å². The summed E-state index contributed by atoms with van der Waals surface area (Å²) in [5.41, 5.74) is 5.71. The first-order valence-electron chi connectivity index (χ1n) is 7.33. The topological polar surface area (TPSA) is 84.2 Å². The largest absolute Gasteiger partial charge is 0.354 e. The summed E-state index contributed by atoms with van der Waals surface area (Å²) in [5, 5.41) is 5.73. The number of hydrogen-bond acceptors (Lipinski definition) is 3. The molecule has 0 heterocycles. The summed E-state index contributed by atoms with van der Waals surface area (Å²) in [7, 11) is 0. The molecule has 0 unspecified atom stereocenters. The number of carbonyl (C=O) groups is 2.